The van der Waals surface area contributed by atoms with E-state index >= 15 is 0 Å². The Bertz CT molecular complexity index is 3180. The second-order valence-electron chi connectivity index (χ2n) is 13.1. The van der Waals surface area contributed by atoms with E-state index in [4.69, 9.17) is 23.8 Å². The fraction of sp³-hybridized carbons (Fsp3) is 0. The average Bonchev–Trinajstić information content (AvgIpc) is 3.79. The second-order valence-corrected chi connectivity index (χ2v) is 13.1. The molecule has 3 aromatic heterocycles. The SMILES string of the molecule is c1ccc(-c2ccc3ccc4c(-c5nc(-c6ccccc6)nc(-c6cccc7oc8ccccc8c67)n5)cc5oc6ccccc6c5c4c3c2)cc1. The van der Waals surface area contributed by atoms with E-state index in [2.05, 4.69) is 91.0 Å². The standard InChI is InChI=1S/C47H27N3O2/c1-3-12-28(13-4-1)31-23-22-29-24-25-32-37(27-41-44(43(32)36(29)26-31)34-17-8-10-20-39(34)52-41)47-49-45(30-14-5-2-6-15-30)48-46(50-47)35-18-11-21-40-42(35)33-16-7-9-19-38(33)51-40/h1-27H. The summed E-state index contributed by atoms with van der Waals surface area (Å²) in [6, 6.07) is 56.3. The molecule has 0 N–H and O–H groups in total. The summed E-state index contributed by atoms with van der Waals surface area (Å²) in [7, 11) is 0. The molecule has 3 heterocycles. The van der Waals surface area contributed by atoms with Gasteiger partial charge in [0.15, 0.2) is 17.5 Å². The van der Waals surface area contributed by atoms with Gasteiger partial charge in [0.05, 0.1) is 0 Å². The maximum atomic E-state index is 6.63. The van der Waals surface area contributed by atoms with Gasteiger partial charge in [0.25, 0.3) is 0 Å². The van der Waals surface area contributed by atoms with Gasteiger partial charge in [-0.2, -0.15) is 0 Å². The normalized spacial score (nSPS) is 11.8. The fourth-order valence-electron chi connectivity index (χ4n) is 7.74. The Labute approximate surface area is 297 Å². The summed E-state index contributed by atoms with van der Waals surface area (Å²) in [5.41, 5.74) is 8.22. The van der Waals surface area contributed by atoms with Crippen molar-refractivity contribution in [3.05, 3.63) is 164 Å². The number of furan rings is 2. The zero-order chi connectivity index (χ0) is 34.2. The van der Waals surface area contributed by atoms with Gasteiger partial charge in [-0.3, -0.25) is 0 Å². The van der Waals surface area contributed by atoms with Crippen LogP contribution in [0.15, 0.2) is 173 Å². The Morgan fingerprint density at radius 1 is 0.308 bits per heavy atom. The molecule has 5 nitrogen and oxygen atoms in total. The molecule has 0 atom stereocenters. The first-order chi connectivity index (χ1) is 25.8. The van der Waals surface area contributed by atoms with Crippen molar-refractivity contribution in [1.82, 2.24) is 15.0 Å². The van der Waals surface area contributed by atoms with Crippen molar-refractivity contribution < 1.29 is 8.83 Å². The zero-order valence-corrected chi connectivity index (χ0v) is 27.7. The molecule has 52 heavy (non-hydrogen) atoms. The van der Waals surface area contributed by atoms with Crippen LogP contribution in [0.3, 0.4) is 0 Å². The molecule has 8 aromatic carbocycles. The minimum Gasteiger partial charge on any atom is -0.456 e. The van der Waals surface area contributed by atoms with Gasteiger partial charge < -0.3 is 8.83 Å². The fourth-order valence-corrected chi connectivity index (χ4v) is 7.74. The largest absolute Gasteiger partial charge is 0.456 e. The Morgan fingerprint density at radius 3 is 1.67 bits per heavy atom. The van der Waals surface area contributed by atoms with Gasteiger partial charge in [-0.25, -0.2) is 15.0 Å². The zero-order valence-electron chi connectivity index (χ0n) is 27.7. The van der Waals surface area contributed by atoms with Gasteiger partial charge in [-0.05, 0) is 57.6 Å². The summed E-state index contributed by atoms with van der Waals surface area (Å²) in [6.45, 7) is 0. The summed E-state index contributed by atoms with van der Waals surface area (Å²) < 4.78 is 12.9. The van der Waals surface area contributed by atoms with E-state index in [-0.39, 0.29) is 0 Å². The van der Waals surface area contributed by atoms with Crippen molar-refractivity contribution in [2.45, 2.75) is 0 Å². The number of fused-ring (bicyclic) bond motifs is 10. The molecule has 0 bridgehead atoms. The predicted molar refractivity (Wildman–Crippen MR) is 211 cm³/mol. The highest BCUT2D eigenvalue weighted by Gasteiger charge is 2.22. The van der Waals surface area contributed by atoms with Crippen molar-refractivity contribution in [3.63, 3.8) is 0 Å². The van der Waals surface area contributed by atoms with E-state index in [1.807, 2.05) is 72.8 Å². The van der Waals surface area contributed by atoms with Crippen LogP contribution in [0.4, 0.5) is 0 Å². The van der Waals surface area contributed by atoms with E-state index < -0.39 is 0 Å². The maximum absolute atomic E-state index is 6.63. The van der Waals surface area contributed by atoms with Crippen LogP contribution in [0, 0.1) is 0 Å². The molecule has 11 aromatic rings. The molecule has 0 unspecified atom stereocenters. The van der Waals surface area contributed by atoms with E-state index in [9.17, 15) is 0 Å². The molecular formula is C47H27N3O2. The quantitative estimate of drug-likeness (QED) is 0.175. The molecule has 0 saturated heterocycles. The number of nitrogens with zero attached hydrogens (tertiary/aromatic N) is 3. The van der Waals surface area contributed by atoms with Gasteiger partial charge in [-0.1, -0.05) is 133 Å². The van der Waals surface area contributed by atoms with Gasteiger partial charge in [-0.15, -0.1) is 0 Å². The monoisotopic (exact) mass is 665 g/mol. The van der Waals surface area contributed by atoms with Crippen LogP contribution in [0.25, 0.3) is 111 Å². The summed E-state index contributed by atoms with van der Waals surface area (Å²) in [5.74, 6) is 1.74. The molecule has 11 rings (SSSR count). The van der Waals surface area contributed by atoms with Crippen LogP contribution >= 0.6 is 0 Å². The first-order valence-corrected chi connectivity index (χ1v) is 17.4. The van der Waals surface area contributed by atoms with Crippen LogP contribution in [0.2, 0.25) is 0 Å². The van der Waals surface area contributed by atoms with Gasteiger partial charge in [0, 0.05) is 43.6 Å². The van der Waals surface area contributed by atoms with Crippen LogP contribution in [0.5, 0.6) is 0 Å². The molecule has 0 spiro atoms. The summed E-state index contributed by atoms with van der Waals surface area (Å²) in [4.78, 5) is 15.6. The Morgan fingerprint density at radius 2 is 0.904 bits per heavy atom. The van der Waals surface area contributed by atoms with Crippen LogP contribution in [-0.4, -0.2) is 15.0 Å². The number of benzene rings is 8. The number of rotatable bonds is 4. The lowest BCUT2D eigenvalue weighted by atomic mass is 9.92. The molecule has 0 fully saturated rings. The summed E-state index contributed by atoms with van der Waals surface area (Å²) >= 11 is 0. The molecule has 0 saturated carbocycles. The minimum absolute atomic E-state index is 0.569. The average molecular weight is 666 g/mol. The summed E-state index contributed by atoms with van der Waals surface area (Å²) in [6.07, 6.45) is 0. The summed E-state index contributed by atoms with van der Waals surface area (Å²) in [5, 5.41) is 8.60. The van der Waals surface area contributed by atoms with Crippen LogP contribution in [0.1, 0.15) is 0 Å². The van der Waals surface area contributed by atoms with Crippen molar-refractivity contribution in [2.24, 2.45) is 0 Å². The molecule has 0 aliphatic heterocycles. The number of hydrogen-bond donors (Lipinski definition) is 0. The second kappa shape index (κ2) is 11.2. The van der Waals surface area contributed by atoms with Gasteiger partial charge in [0.2, 0.25) is 0 Å². The van der Waals surface area contributed by atoms with Crippen molar-refractivity contribution in [2.75, 3.05) is 0 Å². The molecule has 0 aliphatic carbocycles. The Kier molecular flexibility index (Phi) is 6.18. The van der Waals surface area contributed by atoms with E-state index in [1.165, 1.54) is 5.56 Å². The van der Waals surface area contributed by atoms with Crippen LogP contribution in [-0.2, 0) is 0 Å². The highest BCUT2D eigenvalue weighted by atomic mass is 16.3. The lowest BCUT2D eigenvalue weighted by Gasteiger charge is -2.13. The molecular weight excluding hydrogens is 639 g/mol. The third-order valence-electron chi connectivity index (χ3n) is 10.1. The van der Waals surface area contributed by atoms with E-state index in [0.717, 1.165) is 87.7 Å². The lowest BCUT2D eigenvalue weighted by Crippen LogP contribution is -2.01. The number of aromatic nitrogens is 3. The van der Waals surface area contributed by atoms with Gasteiger partial charge in [0.1, 0.15) is 22.3 Å². The van der Waals surface area contributed by atoms with Crippen molar-refractivity contribution in [1.29, 1.82) is 0 Å². The van der Waals surface area contributed by atoms with E-state index in [0.29, 0.717) is 17.5 Å². The number of hydrogen-bond acceptors (Lipinski definition) is 5. The van der Waals surface area contributed by atoms with Crippen LogP contribution < -0.4 is 0 Å². The highest BCUT2D eigenvalue weighted by molar-refractivity contribution is 6.29. The smallest absolute Gasteiger partial charge is 0.164 e. The lowest BCUT2D eigenvalue weighted by molar-refractivity contribution is 0.669. The molecule has 242 valence electrons. The van der Waals surface area contributed by atoms with Crippen molar-refractivity contribution >= 4 is 65.4 Å². The Balaban J connectivity index is 1.26. The highest BCUT2D eigenvalue weighted by Crippen LogP contribution is 2.44. The number of para-hydroxylation sites is 2. The third kappa shape index (κ3) is 4.39. The minimum atomic E-state index is 0.569. The third-order valence-corrected chi connectivity index (χ3v) is 10.1. The molecule has 0 amide bonds. The molecule has 0 aliphatic rings. The predicted octanol–water partition coefficient (Wildman–Crippen LogP) is 12.6. The Hall–Kier alpha value is -7.11. The first kappa shape index (κ1) is 28.7. The van der Waals surface area contributed by atoms with Crippen molar-refractivity contribution in [3.8, 4) is 45.3 Å². The molecule has 0 radical (unpaired) electrons. The first-order valence-electron chi connectivity index (χ1n) is 17.4. The molecule has 5 heteroatoms. The maximum Gasteiger partial charge on any atom is 0.164 e. The van der Waals surface area contributed by atoms with Gasteiger partial charge >= 0.3 is 0 Å². The topological polar surface area (TPSA) is 65.0 Å². The van der Waals surface area contributed by atoms with E-state index in [1.54, 1.807) is 0 Å².